The SMILES string of the molecule is CCNC(=NCCc1ccc(Cl)nc1)NCCNC(=O)c1cccc(OC)c1. The first-order valence-corrected chi connectivity index (χ1v) is 9.55. The van der Waals surface area contributed by atoms with Crippen molar-refractivity contribution < 1.29 is 9.53 Å². The number of aliphatic imine (C=N–C) groups is 1. The number of benzene rings is 1. The minimum absolute atomic E-state index is 0.141. The van der Waals surface area contributed by atoms with Crippen LogP contribution in [0.25, 0.3) is 0 Å². The van der Waals surface area contributed by atoms with Crippen molar-refractivity contribution in [2.24, 2.45) is 4.99 Å². The highest BCUT2D eigenvalue weighted by atomic mass is 35.5. The molecule has 3 N–H and O–H groups in total. The monoisotopic (exact) mass is 403 g/mol. The second kappa shape index (κ2) is 11.8. The van der Waals surface area contributed by atoms with Gasteiger partial charge in [0.15, 0.2) is 5.96 Å². The van der Waals surface area contributed by atoms with Crippen molar-refractivity contribution in [3.8, 4) is 5.75 Å². The number of hydrogen-bond acceptors (Lipinski definition) is 4. The molecule has 0 saturated carbocycles. The fourth-order valence-corrected chi connectivity index (χ4v) is 2.53. The molecule has 150 valence electrons. The molecule has 0 aliphatic rings. The molecule has 0 saturated heterocycles. The number of rotatable bonds is 9. The van der Waals surface area contributed by atoms with Gasteiger partial charge in [0.05, 0.1) is 7.11 Å². The van der Waals surface area contributed by atoms with Crippen LogP contribution in [0.5, 0.6) is 5.75 Å². The number of halogens is 1. The van der Waals surface area contributed by atoms with Gasteiger partial charge in [0.1, 0.15) is 10.9 Å². The van der Waals surface area contributed by atoms with Crippen LogP contribution < -0.4 is 20.7 Å². The van der Waals surface area contributed by atoms with E-state index in [4.69, 9.17) is 16.3 Å². The maximum Gasteiger partial charge on any atom is 0.251 e. The van der Waals surface area contributed by atoms with Crippen molar-refractivity contribution in [3.05, 3.63) is 58.9 Å². The molecule has 8 heteroatoms. The first-order chi connectivity index (χ1) is 13.6. The Labute approximate surface area is 170 Å². The highest BCUT2D eigenvalue weighted by Crippen LogP contribution is 2.12. The zero-order valence-corrected chi connectivity index (χ0v) is 16.9. The maximum absolute atomic E-state index is 12.2. The van der Waals surface area contributed by atoms with E-state index in [1.54, 1.807) is 43.6 Å². The Bertz CT molecular complexity index is 780. The van der Waals surface area contributed by atoms with E-state index in [1.807, 2.05) is 13.0 Å². The first-order valence-electron chi connectivity index (χ1n) is 9.17. The summed E-state index contributed by atoms with van der Waals surface area (Å²) in [5.74, 6) is 1.22. The Morgan fingerprint density at radius 3 is 2.71 bits per heavy atom. The molecule has 0 aliphatic carbocycles. The van der Waals surface area contributed by atoms with Crippen molar-refractivity contribution in [2.45, 2.75) is 13.3 Å². The molecule has 0 atom stereocenters. The van der Waals surface area contributed by atoms with Gasteiger partial charge < -0.3 is 20.7 Å². The Balaban J connectivity index is 1.75. The van der Waals surface area contributed by atoms with Gasteiger partial charge in [0.2, 0.25) is 0 Å². The van der Waals surface area contributed by atoms with E-state index in [9.17, 15) is 4.79 Å². The van der Waals surface area contributed by atoms with E-state index < -0.39 is 0 Å². The van der Waals surface area contributed by atoms with E-state index in [2.05, 4.69) is 25.9 Å². The number of ether oxygens (including phenoxy) is 1. The smallest absolute Gasteiger partial charge is 0.251 e. The van der Waals surface area contributed by atoms with Crippen LogP contribution >= 0.6 is 11.6 Å². The normalized spacial score (nSPS) is 11.0. The van der Waals surface area contributed by atoms with Crippen LogP contribution in [0.4, 0.5) is 0 Å². The average molecular weight is 404 g/mol. The van der Waals surface area contributed by atoms with Crippen molar-refractivity contribution in [1.29, 1.82) is 0 Å². The molecular weight excluding hydrogens is 378 g/mol. The van der Waals surface area contributed by atoms with Gasteiger partial charge in [0, 0.05) is 37.9 Å². The van der Waals surface area contributed by atoms with Crippen molar-refractivity contribution in [1.82, 2.24) is 20.9 Å². The largest absolute Gasteiger partial charge is 0.497 e. The van der Waals surface area contributed by atoms with Gasteiger partial charge in [-0.05, 0) is 43.2 Å². The zero-order valence-electron chi connectivity index (χ0n) is 16.2. The molecule has 1 aromatic carbocycles. The van der Waals surface area contributed by atoms with Gasteiger partial charge in [-0.2, -0.15) is 0 Å². The standard InChI is InChI=1S/C20H26ClN5O2/c1-3-22-20(24-10-9-15-7-8-18(21)26-14-15)25-12-11-23-19(27)16-5-4-6-17(13-16)28-2/h4-8,13-14H,3,9-12H2,1-2H3,(H,23,27)(H2,22,24,25). The number of nitrogens with one attached hydrogen (secondary N) is 3. The number of carbonyl (C=O) groups is 1. The van der Waals surface area contributed by atoms with Crippen LogP contribution in [-0.4, -0.2) is 50.1 Å². The molecule has 0 unspecified atom stereocenters. The van der Waals surface area contributed by atoms with E-state index in [-0.39, 0.29) is 5.91 Å². The van der Waals surface area contributed by atoms with Crippen LogP contribution in [0.3, 0.4) is 0 Å². The van der Waals surface area contributed by atoms with E-state index in [0.29, 0.717) is 42.1 Å². The minimum atomic E-state index is -0.141. The number of methoxy groups -OCH3 is 1. The summed E-state index contributed by atoms with van der Waals surface area (Å²) in [6.07, 6.45) is 2.53. The lowest BCUT2D eigenvalue weighted by Gasteiger charge is -2.12. The van der Waals surface area contributed by atoms with Gasteiger partial charge in [0.25, 0.3) is 5.91 Å². The van der Waals surface area contributed by atoms with Crippen molar-refractivity contribution in [3.63, 3.8) is 0 Å². The van der Waals surface area contributed by atoms with Gasteiger partial charge in [-0.3, -0.25) is 9.79 Å². The van der Waals surface area contributed by atoms with Gasteiger partial charge in [-0.15, -0.1) is 0 Å². The van der Waals surface area contributed by atoms with Crippen LogP contribution in [0, 0.1) is 0 Å². The summed E-state index contributed by atoms with van der Waals surface area (Å²) >= 11 is 5.79. The zero-order chi connectivity index (χ0) is 20.2. The minimum Gasteiger partial charge on any atom is -0.497 e. The Kier molecular flexibility index (Phi) is 9.07. The summed E-state index contributed by atoms with van der Waals surface area (Å²) in [5.41, 5.74) is 1.64. The molecule has 1 aromatic heterocycles. The number of carbonyl (C=O) groups excluding carboxylic acids is 1. The topological polar surface area (TPSA) is 87.6 Å². The summed E-state index contributed by atoms with van der Waals surface area (Å²) in [7, 11) is 1.58. The average Bonchev–Trinajstić information content (AvgIpc) is 2.72. The molecule has 28 heavy (non-hydrogen) atoms. The molecule has 2 rings (SSSR count). The van der Waals surface area contributed by atoms with Crippen molar-refractivity contribution >= 4 is 23.5 Å². The molecule has 0 radical (unpaired) electrons. The summed E-state index contributed by atoms with van der Waals surface area (Å²) in [6.45, 7) is 4.41. The predicted octanol–water partition coefficient (Wildman–Crippen LogP) is 2.27. The molecular formula is C20H26ClN5O2. The second-order valence-electron chi connectivity index (χ2n) is 5.91. The third-order valence-electron chi connectivity index (χ3n) is 3.84. The summed E-state index contributed by atoms with van der Waals surface area (Å²) in [6, 6.07) is 10.8. The van der Waals surface area contributed by atoms with Gasteiger partial charge in [-0.1, -0.05) is 23.7 Å². The number of guanidine groups is 1. The van der Waals surface area contributed by atoms with Crippen LogP contribution in [0.15, 0.2) is 47.6 Å². The fraction of sp³-hybridized carbons (Fsp3) is 0.350. The third-order valence-corrected chi connectivity index (χ3v) is 4.06. The summed E-state index contributed by atoms with van der Waals surface area (Å²) < 4.78 is 5.14. The molecule has 2 aromatic rings. The molecule has 1 amide bonds. The number of aromatic nitrogens is 1. The Morgan fingerprint density at radius 2 is 2.00 bits per heavy atom. The Hall–Kier alpha value is -2.80. The van der Waals surface area contributed by atoms with Gasteiger partial charge >= 0.3 is 0 Å². The molecule has 0 spiro atoms. The van der Waals surface area contributed by atoms with Crippen LogP contribution in [-0.2, 0) is 6.42 Å². The van der Waals surface area contributed by atoms with E-state index in [1.165, 1.54) is 0 Å². The molecule has 0 aliphatic heterocycles. The quantitative estimate of drug-likeness (QED) is 0.259. The number of nitrogens with zero attached hydrogens (tertiary/aromatic N) is 2. The summed E-state index contributed by atoms with van der Waals surface area (Å²) in [5, 5.41) is 9.75. The Morgan fingerprint density at radius 1 is 1.18 bits per heavy atom. The molecule has 7 nitrogen and oxygen atoms in total. The van der Waals surface area contributed by atoms with Crippen LogP contribution in [0.2, 0.25) is 5.15 Å². The lowest BCUT2D eigenvalue weighted by Crippen LogP contribution is -2.41. The highest BCUT2D eigenvalue weighted by Gasteiger charge is 2.06. The lowest BCUT2D eigenvalue weighted by molar-refractivity contribution is 0.0954. The van der Waals surface area contributed by atoms with Gasteiger partial charge in [-0.25, -0.2) is 4.98 Å². The third kappa shape index (κ3) is 7.44. The first kappa shape index (κ1) is 21.5. The van der Waals surface area contributed by atoms with E-state index >= 15 is 0 Å². The predicted molar refractivity (Wildman–Crippen MR) is 112 cm³/mol. The lowest BCUT2D eigenvalue weighted by atomic mass is 10.2. The maximum atomic E-state index is 12.2. The number of hydrogen-bond donors (Lipinski definition) is 3. The van der Waals surface area contributed by atoms with Crippen molar-refractivity contribution in [2.75, 3.05) is 33.3 Å². The highest BCUT2D eigenvalue weighted by molar-refractivity contribution is 6.29. The van der Waals surface area contributed by atoms with Crippen LogP contribution in [0.1, 0.15) is 22.8 Å². The number of pyridine rings is 1. The second-order valence-corrected chi connectivity index (χ2v) is 6.30. The number of amides is 1. The molecule has 0 fully saturated rings. The van der Waals surface area contributed by atoms with E-state index in [0.717, 1.165) is 18.5 Å². The summed E-state index contributed by atoms with van der Waals surface area (Å²) in [4.78, 5) is 20.8. The molecule has 0 bridgehead atoms. The molecule has 1 heterocycles. The fourth-order valence-electron chi connectivity index (χ4n) is 2.42.